The van der Waals surface area contributed by atoms with Crippen LogP contribution in [0.4, 0.5) is 11.5 Å². The Kier molecular flexibility index (Phi) is 8.09. The third kappa shape index (κ3) is 5.83. The van der Waals surface area contributed by atoms with Gasteiger partial charge in [0.15, 0.2) is 0 Å². The SMILES string of the molecule is C[C@@H]1C(=O)N(C)c2cc(-c3ccnc(N)c3)ccc2C(=O)N1Cc1cccc(C(=O)NCCN2CCOCC2)c1. The fourth-order valence-electron chi connectivity index (χ4n) is 5.13. The van der Waals surface area contributed by atoms with Crippen LogP contribution in [0.1, 0.15) is 33.2 Å². The van der Waals surface area contributed by atoms with Crippen LogP contribution in [0.25, 0.3) is 11.1 Å². The summed E-state index contributed by atoms with van der Waals surface area (Å²) in [4.78, 5) is 49.4. The van der Waals surface area contributed by atoms with Crippen molar-refractivity contribution in [1.29, 1.82) is 0 Å². The minimum absolute atomic E-state index is 0.171. The van der Waals surface area contributed by atoms with Crippen LogP contribution in [0.15, 0.2) is 60.8 Å². The Balaban J connectivity index is 1.33. The minimum atomic E-state index is -0.698. The Hall–Kier alpha value is -4.28. The molecule has 0 aliphatic carbocycles. The highest BCUT2D eigenvalue weighted by molar-refractivity contribution is 6.11. The minimum Gasteiger partial charge on any atom is -0.384 e. The summed E-state index contributed by atoms with van der Waals surface area (Å²) >= 11 is 0. The fourth-order valence-corrected chi connectivity index (χ4v) is 5.13. The maximum atomic E-state index is 13.8. The lowest BCUT2D eigenvalue weighted by Gasteiger charge is -2.27. The monoisotopic (exact) mass is 542 g/mol. The molecule has 0 bridgehead atoms. The van der Waals surface area contributed by atoms with Gasteiger partial charge in [-0.25, -0.2) is 4.98 Å². The van der Waals surface area contributed by atoms with E-state index >= 15 is 0 Å². The van der Waals surface area contributed by atoms with E-state index in [0.29, 0.717) is 42.4 Å². The van der Waals surface area contributed by atoms with Gasteiger partial charge in [-0.2, -0.15) is 0 Å². The first kappa shape index (κ1) is 27.3. The zero-order valence-electron chi connectivity index (χ0n) is 22.8. The highest BCUT2D eigenvalue weighted by Gasteiger charge is 2.35. The number of amides is 3. The van der Waals surface area contributed by atoms with E-state index in [2.05, 4.69) is 15.2 Å². The largest absolute Gasteiger partial charge is 0.384 e. The molecule has 10 nitrogen and oxygen atoms in total. The highest BCUT2D eigenvalue weighted by Crippen LogP contribution is 2.33. The number of rotatable bonds is 7. The molecule has 3 aromatic rings. The molecule has 208 valence electrons. The van der Waals surface area contributed by atoms with Gasteiger partial charge in [0.1, 0.15) is 11.9 Å². The van der Waals surface area contributed by atoms with E-state index in [1.54, 1.807) is 55.4 Å². The fraction of sp³-hybridized carbons (Fsp3) is 0.333. The summed E-state index contributed by atoms with van der Waals surface area (Å²) in [6, 6.07) is 15.5. The average Bonchev–Trinajstić information content (AvgIpc) is 3.04. The molecule has 1 aromatic heterocycles. The van der Waals surface area contributed by atoms with E-state index in [9.17, 15) is 14.4 Å². The molecule has 3 N–H and O–H groups in total. The first-order valence-corrected chi connectivity index (χ1v) is 13.4. The van der Waals surface area contributed by atoms with Crippen LogP contribution >= 0.6 is 0 Å². The predicted octanol–water partition coefficient (Wildman–Crippen LogP) is 2.40. The van der Waals surface area contributed by atoms with Crippen molar-refractivity contribution in [1.82, 2.24) is 20.1 Å². The Labute approximate surface area is 233 Å². The topological polar surface area (TPSA) is 121 Å². The van der Waals surface area contributed by atoms with Crippen molar-refractivity contribution in [3.63, 3.8) is 0 Å². The number of carbonyl (C=O) groups excluding carboxylic acids is 3. The Morgan fingerprint density at radius 1 is 1.07 bits per heavy atom. The first-order valence-electron chi connectivity index (χ1n) is 13.4. The zero-order valence-corrected chi connectivity index (χ0v) is 22.8. The van der Waals surface area contributed by atoms with Gasteiger partial charge in [0.05, 0.1) is 24.5 Å². The molecule has 2 aromatic carbocycles. The van der Waals surface area contributed by atoms with Crippen LogP contribution in [0.5, 0.6) is 0 Å². The number of aromatic nitrogens is 1. The van der Waals surface area contributed by atoms with Crippen molar-refractivity contribution in [3.05, 3.63) is 77.5 Å². The lowest BCUT2D eigenvalue weighted by atomic mass is 10.0. The molecular weight excluding hydrogens is 508 g/mol. The van der Waals surface area contributed by atoms with Gasteiger partial charge in [-0.15, -0.1) is 0 Å². The van der Waals surface area contributed by atoms with Crippen LogP contribution in [-0.4, -0.2) is 85.0 Å². The molecule has 0 spiro atoms. The molecule has 0 radical (unpaired) electrons. The van der Waals surface area contributed by atoms with Crippen molar-refractivity contribution in [2.75, 3.05) is 57.1 Å². The number of hydrogen-bond donors (Lipinski definition) is 2. The number of anilines is 2. The van der Waals surface area contributed by atoms with Crippen molar-refractivity contribution in [3.8, 4) is 11.1 Å². The zero-order chi connectivity index (χ0) is 28.2. The van der Waals surface area contributed by atoms with Gasteiger partial charge in [0, 0.05) is 51.5 Å². The standard InChI is InChI=1S/C30H34N6O4/c1-20-29(38)34(2)26-17-22(23-8-9-32-27(31)18-23)6-7-25(26)30(39)36(20)19-21-4-3-5-24(16-21)28(37)33-10-11-35-12-14-40-15-13-35/h3-9,16-18,20H,10-15,19H2,1-2H3,(H2,31,32)(H,33,37)/t20-/m1/s1. The van der Waals surface area contributed by atoms with Crippen molar-refractivity contribution in [2.24, 2.45) is 0 Å². The van der Waals surface area contributed by atoms with Crippen LogP contribution in [0.2, 0.25) is 0 Å². The summed E-state index contributed by atoms with van der Waals surface area (Å²) < 4.78 is 5.37. The second-order valence-corrected chi connectivity index (χ2v) is 10.1. The summed E-state index contributed by atoms with van der Waals surface area (Å²) in [5.41, 5.74) is 9.78. The average molecular weight is 543 g/mol. The highest BCUT2D eigenvalue weighted by atomic mass is 16.5. The number of carbonyl (C=O) groups is 3. The van der Waals surface area contributed by atoms with E-state index in [-0.39, 0.29) is 24.3 Å². The van der Waals surface area contributed by atoms with E-state index < -0.39 is 6.04 Å². The second-order valence-electron chi connectivity index (χ2n) is 10.1. The quantitative estimate of drug-likeness (QED) is 0.470. The predicted molar refractivity (Wildman–Crippen MR) is 153 cm³/mol. The lowest BCUT2D eigenvalue weighted by molar-refractivity contribution is -0.122. The lowest BCUT2D eigenvalue weighted by Crippen LogP contribution is -2.45. The molecule has 3 heterocycles. The third-order valence-corrected chi connectivity index (χ3v) is 7.48. The van der Waals surface area contributed by atoms with Crippen LogP contribution in [0, 0.1) is 0 Å². The summed E-state index contributed by atoms with van der Waals surface area (Å²) in [5, 5.41) is 2.98. The smallest absolute Gasteiger partial charge is 0.256 e. The Morgan fingerprint density at radius 2 is 1.85 bits per heavy atom. The number of ether oxygens (including phenoxy) is 1. The molecule has 0 unspecified atom stereocenters. The molecule has 10 heteroatoms. The summed E-state index contributed by atoms with van der Waals surface area (Å²) in [6.07, 6.45) is 1.62. The van der Waals surface area contributed by atoms with Gasteiger partial charge in [-0.1, -0.05) is 18.2 Å². The van der Waals surface area contributed by atoms with Crippen LogP contribution < -0.4 is 16.0 Å². The van der Waals surface area contributed by atoms with E-state index in [4.69, 9.17) is 10.5 Å². The number of pyridine rings is 1. The van der Waals surface area contributed by atoms with Crippen molar-refractivity contribution < 1.29 is 19.1 Å². The van der Waals surface area contributed by atoms with Crippen molar-refractivity contribution in [2.45, 2.75) is 19.5 Å². The molecule has 1 saturated heterocycles. The normalized spacial score (nSPS) is 17.9. The molecule has 0 saturated carbocycles. The van der Waals surface area contributed by atoms with Crippen LogP contribution in [-0.2, 0) is 16.1 Å². The molecule has 3 amide bonds. The van der Waals surface area contributed by atoms with E-state index in [0.717, 1.165) is 36.3 Å². The number of likely N-dealkylation sites (N-methyl/N-ethyl adjacent to an activating group) is 1. The van der Waals surface area contributed by atoms with E-state index in [1.807, 2.05) is 24.3 Å². The van der Waals surface area contributed by atoms with Gasteiger partial charge in [-0.05, 0) is 60.0 Å². The number of fused-ring (bicyclic) bond motifs is 1. The number of nitrogens with one attached hydrogen (secondary N) is 1. The number of benzene rings is 2. The maximum Gasteiger partial charge on any atom is 0.256 e. The molecule has 1 fully saturated rings. The van der Waals surface area contributed by atoms with Gasteiger partial charge in [-0.3, -0.25) is 19.3 Å². The van der Waals surface area contributed by atoms with Gasteiger partial charge in [0.2, 0.25) is 5.91 Å². The second kappa shape index (κ2) is 11.8. The first-order chi connectivity index (χ1) is 19.3. The molecule has 1 atom stereocenters. The molecule has 40 heavy (non-hydrogen) atoms. The van der Waals surface area contributed by atoms with Crippen LogP contribution in [0.3, 0.4) is 0 Å². The maximum absolute atomic E-state index is 13.8. The molecule has 5 rings (SSSR count). The number of nitrogen functional groups attached to an aromatic ring is 1. The number of hydrogen-bond acceptors (Lipinski definition) is 7. The number of nitrogens with zero attached hydrogens (tertiary/aromatic N) is 4. The number of morpholine rings is 1. The Morgan fingerprint density at radius 3 is 2.62 bits per heavy atom. The van der Waals surface area contributed by atoms with E-state index in [1.165, 1.54) is 4.90 Å². The molecular formula is C30H34N6O4. The summed E-state index contributed by atoms with van der Waals surface area (Å²) in [6.45, 7) is 6.39. The number of nitrogens with two attached hydrogens (primary N) is 1. The van der Waals surface area contributed by atoms with Gasteiger partial charge < -0.3 is 25.6 Å². The summed E-state index contributed by atoms with van der Waals surface area (Å²) in [5.74, 6) is -0.228. The molecule has 2 aliphatic heterocycles. The summed E-state index contributed by atoms with van der Waals surface area (Å²) in [7, 11) is 1.68. The Bertz CT molecular complexity index is 1420. The molecule has 2 aliphatic rings. The van der Waals surface area contributed by atoms with Gasteiger partial charge in [0.25, 0.3) is 11.8 Å². The third-order valence-electron chi connectivity index (χ3n) is 7.48. The van der Waals surface area contributed by atoms with Gasteiger partial charge >= 0.3 is 0 Å². The van der Waals surface area contributed by atoms with Crippen molar-refractivity contribution >= 4 is 29.2 Å².